The Labute approximate surface area is 860 Å². The number of aliphatic hydroxyl groups is 8. The van der Waals surface area contributed by atoms with E-state index in [9.17, 15) is 0 Å². The second kappa shape index (κ2) is 60.7. The summed E-state index contributed by atoms with van der Waals surface area (Å²) in [5.41, 5.74) is 29.7. The Kier molecular flexibility index (Phi) is 56.1. The summed E-state index contributed by atoms with van der Waals surface area (Å²) in [6.07, 6.45) is 17.9. The Hall–Kier alpha value is -8.00. The van der Waals surface area contributed by atoms with E-state index in [-0.39, 0.29) is 103 Å². The maximum absolute atomic E-state index is 8.49. The second-order valence-electron chi connectivity index (χ2n) is 38.8. The Morgan fingerprint density at radius 2 is 0.604 bits per heavy atom. The van der Waals surface area contributed by atoms with E-state index in [0.29, 0.717) is 47.3 Å². The summed E-state index contributed by atoms with van der Waals surface area (Å²) in [7, 11) is 0. The fraction of sp³-hybridized carbons (Fsp3) is 0.424. The summed E-state index contributed by atoms with van der Waals surface area (Å²) in [4.78, 5) is 19.4. The molecule has 4 atom stereocenters. The number of benzene rings is 8. The van der Waals surface area contributed by atoms with Crippen molar-refractivity contribution < 1.29 is 121 Å². The third kappa shape index (κ3) is 41.7. The maximum atomic E-state index is 8.49. The first-order valence-electron chi connectivity index (χ1n) is 46.8. The molecule has 0 fully saturated rings. The molecule has 0 aliphatic heterocycles. The number of aryl methyl sites for hydroxylation is 8. The van der Waals surface area contributed by atoms with E-state index < -0.39 is 24.4 Å². The molecule has 134 heavy (non-hydrogen) atoms. The van der Waals surface area contributed by atoms with Gasteiger partial charge in [0.15, 0.2) is 0 Å². The van der Waals surface area contributed by atoms with Gasteiger partial charge in [-0.2, -0.15) is 0 Å². The second-order valence-corrected chi connectivity index (χ2v) is 38.8. The Morgan fingerprint density at radius 3 is 0.963 bits per heavy atom. The smallest absolute Gasteiger partial charge is 0.0877 e. The number of rotatable bonds is 22. The number of fused-ring (bicyclic) bond motifs is 4. The molecule has 8 aromatic carbocycles. The van der Waals surface area contributed by atoms with Gasteiger partial charge >= 0.3 is 0 Å². The van der Waals surface area contributed by atoms with Crippen molar-refractivity contribution in [2.75, 3.05) is 0 Å². The zero-order valence-electron chi connectivity index (χ0n) is 86.0. The fourth-order valence-electron chi connectivity index (χ4n) is 16.6. The number of aliphatic hydroxyl groups excluding tert-OH is 8. The molecule has 12 aromatic rings. The van der Waals surface area contributed by atoms with E-state index in [1.807, 2.05) is 12.4 Å². The van der Waals surface area contributed by atoms with E-state index in [1.165, 1.54) is 179 Å². The Bertz CT molecular complexity index is 5500. The van der Waals surface area contributed by atoms with Crippen LogP contribution in [0.15, 0.2) is 193 Å². The molecule has 0 spiro atoms. The van der Waals surface area contributed by atoms with Crippen LogP contribution >= 0.6 is 0 Å². The van der Waals surface area contributed by atoms with Crippen LogP contribution in [0.3, 0.4) is 0 Å². The van der Waals surface area contributed by atoms with Crippen LogP contribution < -0.4 is 0 Å². The molecular formula is C118H156Ir4N4O8-4. The molecule has 0 saturated carbocycles. The zero-order chi connectivity index (χ0) is 97.4. The topological polar surface area (TPSA) is 213 Å². The molecule has 12 nitrogen and oxygen atoms in total. The van der Waals surface area contributed by atoms with Crippen LogP contribution in [0.5, 0.6) is 0 Å². The van der Waals surface area contributed by atoms with Crippen LogP contribution in [-0.2, 0) is 119 Å². The summed E-state index contributed by atoms with van der Waals surface area (Å²) in [5.74, 6) is 5.36. The Balaban J connectivity index is 0.000000806. The van der Waals surface area contributed by atoms with Crippen LogP contribution in [-0.4, -0.2) is 85.2 Å². The first-order chi connectivity index (χ1) is 60.9. The van der Waals surface area contributed by atoms with Gasteiger partial charge in [-0.25, -0.2) is 0 Å². The molecule has 4 radical (unpaired) electrons. The number of nitrogens with zero attached hydrogens (tertiary/aromatic N) is 4. The van der Waals surface area contributed by atoms with Gasteiger partial charge in [0.05, 0.1) is 47.5 Å². The Morgan fingerprint density at radius 1 is 0.291 bits per heavy atom. The summed E-state index contributed by atoms with van der Waals surface area (Å²) < 4.78 is 0. The molecule has 8 N–H and O–H groups in total. The SMILES string of the molecule is CC(O)=CC(C)O.CC(O)=CC(C)O.CC(O)=CC(C)O.CC(O)=CC(C)O.Cc1[c-]c(-c2ncc(C(C)C)c3c(C(C)C)cccc23)cc(C)c1.Cc1[c-]c(-c2ncc(CC(C)C)c3c(CC(C)C)cccc23)cc(C)c1.Cc1[c-]c(-c2nccc3c(CC(C)C)ccc(CC(C)C)c23)cc(C)c1.Cc1[c-]c(-c2nccc3ccc(CC(C)C)c(CC(C)C)c23)cc(C)c1.[Ir].[Ir].[Ir].[Ir]. The van der Waals surface area contributed by atoms with Gasteiger partial charge in [0.1, 0.15) is 0 Å². The van der Waals surface area contributed by atoms with E-state index in [1.54, 1.807) is 27.7 Å². The molecule has 4 heterocycles. The molecule has 12 rings (SSSR count). The normalized spacial score (nSPS) is 12.4. The monoisotopic (exact) mass is 2530 g/mol. The van der Waals surface area contributed by atoms with Gasteiger partial charge in [-0.1, -0.05) is 227 Å². The van der Waals surface area contributed by atoms with Crippen LogP contribution in [0.1, 0.15) is 267 Å². The number of pyridine rings is 4. The largest absolute Gasteiger partial charge is 0.513 e. The van der Waals surface area contributed by atoms with E-state index >= 15 is 0 Å². The predicted octanol–water partition coefficient (Wildman–Crippen LogP) is 30.0. The van der Waals surface area contributed by atoms with E-state index in [0.717, 1.165) is 89.1 Å². The summed E-state index contributed by atoms with van der Waals surface area (Å²) >= 11 is 0. The molecule has 0 amide bonds. The molecular weight excluding hydrogens is 2370 g/mol. The van der Waals surface area contributed by atoms with Crippen molar-refractivity contribution in [1.82, 2.24) is 19.9 Å². The number of hydrogen-bond acceptors (Lipinski definition) is 12. The fourth-order valence-corrected chi connectivity index (χ4v) is 16.6. The summed E-state index contributed by atoms with van der Waals surface area (Å²) in [5, 5.41) is 78.2. The molecule has 736 valence electrons. The van der Waals surface area contributed by atoms with Gasteiger partial charge < -0.3 is 60.8 Å². The van der Waals surface area contributed by atoms with Crippen LogP contribution in [0.25, 0.3) is 88.1 Å². The number of aromatic nitrogens is 4. The van der Waals surface area contributed by atoms with Crippen LogP contribution in [0.2, 0.25) is 0 Å². The van der Waals surface area contributed by atoms with Crippen molar-refractivity contribution in [2.45, 2.75) is 296 Å². The van der Waals surface area contributed by atoms with Crippen LogP contribution in [0.4, 0.5) is 0 Å². The molecule has 4 aromatic heterocycles. The van der Waals surface area contributed by atoms with Gasteiger partial charge in [-0.15, -0.1) is 140 Å². The molecule has 0 aliphatic rings. The minimum atomic E-state index is -0.537. The predicted molar refractivity (Wildman–Crippen MR) is 554 cm³/mol. The minimum Gasteiger partial charge on any atom is -0.513 e. The van der Waals surface area contributed by atoms with Crippen molar-refractivity contribution in [3.05, 3.63) is 307 Å². The van der Waals surface area contributed by atoms with Gasteiger partial charge in [-0.3, -0.25) is 0 Å². The van der Waals surface area contributed by atoms with Crippen molar-refractivity contribution in [2.24, 2.45) is 35.5 Å². The molecule has 4 unspecified atom stereocenters. The minimum absolute atomic E-state index is 0. The molecule has 0 aliphatic carbocycles. The first-order valence-corrected chi connectivity index (χ1v) is 46.8. The van der Waals surface area contributed by atoms with E-state index in [4.69, 9.17) is 60.8 Å². The van der Waals surface area contributed by atoms with E-state index in [2.05, 4.69) is 324 Å². The van der Waals surface area contributed by atoms with Gasteiger partial charge in [-0.05, 0) is 288 Å². The standard InChI is InChI=1S/3C25H30N.C23H26N.4C5H10O2.4Ir/c1-16(2)11-20-7-8-21(12-17(3)4)24-23(20)9-10-26-25(24)22-14-18(5)13-19(6)15-22;1-16(2)11-21-8-7-20-9-10-26-25(24(20)23(21)12-17(3)4)22-14-18(5)13-19(6)15-22;1-16(2)10-20-8-7-9-23-24(20)22(11-17(3)4)15-26-25(23)21-13-18(5)12-19(6)14-21;1-14(2)19-8-7-9-20-22(19)21(15(3)4)13-24-23(20)18-11-16(5)10-17(6)12-18;4*1-4(6)3-5(2)7;;;;/h2*7-10,13-14,16-17H,11-12H2,1-6H3;7-9,12-13,15-17H,10-11H2,1-6H3;7-11,13-15H,1-6H3;4*3-4,6-7H,1-2H3;;;;/q4*-1;;;;;;;;. The average Bonchev–Trinajstić information content (AvgIpc) is 0.778. The third-order valence-corrected chi connectivity index (χ3v) is 20.8. The van der Waals surface area contributed by atoms with Crippen molar-refractivity contribution >= 4 is 43.1 Å². The third-order valence-electron chi connectivity index (χ3n) is 20.8. The first kappa shape index (κ1) is 124. The van der Waals surface area contributed by atoms with Gasteiger partial charge in [0, 0.05) is 105 Å². The van der Waals surface area contributed by atoms with Crippen molar-refractivity contribution in [3.63, 3.8) is 0 Å². The van der Waals surface area contributed by atoms with Crippen molar-refractivity contribution in [3.8, 4) is 45.0 Å². The molecule has 0 bridgehead atoms. The molecule has 16 heteroatoms. The van der Waals surface area contributed by atoms with Crippen molar-refractivity contribution in [1.29, 1.82) is 0 Å². The maximum Gasteiger partial charge on any atom is 0.0877 e. The summed E-state index contributed by atoms with van der Waals surface area (Å²) in [6, 6.07) is 58.5. The quantitative estimate of drug-likeness (QED) is 0.0235. The van der Waals surface area contributed by atoms with Crippen LogP contribution in [0, 0.1) is 115 Å². The van der Waals surface area contributed by atoms with Gasteiger partial charge in [0.25, 0.3) is 0 Å². The zero-order valence-corrected chi connectivity index (χ0v) is 95.6. The number of hydrogen-bond donors (Lipinski definition) is 8. The van der Waals surface area contributed by atoms with Gasteiger partial charge in [0.2, 0.25) is 0 Å². The average molecular weight is 2530 g/mol. The summed E-state index contributed by atoms with van der Waals surface area (Å²) in [6.45, 7) is 65.9. The number of allylic oxidation sites excluding steroid dienone is 4. The molecule has 0 saturated heterocycles.